The van der Waals surface area contributed by atoms with Crippen LogP contribution < -0.4 is 14.8 Å². The number of carbonyl (C=O) groups is 1. The van der Waals surface area contributed by atoms with Crippen molar-refractivity contribution in [3.8, 4) is 11.5 Å². The van der Waals surface area contributed by atoms with Gasteiger partial charge in [0.2, 0.25) is 5.91 Å². The Kier molecular flexibility index (Phi) is 7.36. The van der Waals surface area contributed by atoms with Crippen LogP contribution in [0.5, 0.6) is 11.5 Å². The fraction of sp³-hybridized carbons (Fsp3) is 0.409. The Bertz CT molecular complexity index is 815. The molecule has 0 saturated carbocycles. The maximum atomic E-state index is 12.3. The van der Waals surface area contributed by atoms with Crippen LogP contribution in [0.25, 0.3) is 0 Å². The van der Waals surface area contributed by atoms with Crippen LogP contribution >= 0.6 is 11.6 Å². The van der Waals surface area contributed by atoms with Gasteiger partial charge in [0.1, 0.15) is 23.7 Å². The molecule has 2 aromatic rings. The second-order valence-electron chi connectivity index (χ2n) is 7.41. The average Bonchev–Trinajstić information content (AvgIpc) is 2.71. The number of methoxy groups -OCH3 is 1. The highest BCUT2D eigenvalue weighted by molar-refractivity contribution is 6.30. The Morgan fingerprint density at radius 1 is 1.24 bits per heavy atom. The first kappa shape index (κ1) is 21.4. The van der Waals surface area contributed by atoms with E-state index in [9.17, 15) is 9.90 Å². The third-order valence-corrected chi connectivity index (χ3v) is 5.19. The van der Waals surface area contributed by atoms with E-state index < -0.39 is 5.60 Å². The molecule has 0 aliphatic carbocycles. The summed E-state index contributed by atoms with van der Waals surface area (Å²) < 4.78 is 10.9. The van der Waals surface area contributed by atoms with Crippen molar-refractivity contribution in [3.05, 3.63) is 59.1 Å². The first-order chi connectivity index (χ1) is 14.0. The Morgan fingerprint density at radius 2 is 2.03 bits per heavy atom. The van der Waals surface area contributed by atoms with Gasteiger partial charge in [-0.1, -0.05) is 29.8 Å². The second kappa shape index (κ2) is 9.96. The van der Waals surface area contributed by atoms with Crippen molar-refractivity contribution in [2.24, 2.45) is 0 Å². The van der Waals surface area contributed by atoms with Gasteiger partial charge in [0.25, 0.3) is 0 Å². The van der Waals surface area contributed by atoms with Gasteiger partial charge in [0.05, 0.1) is 13.7 Å². The number of nitrogens with one attached hydrogen (secondary N) is 1. The zero-order valence-corrected chi connectivity index (χ0v) is 17.3. The quantitative estimate of drug-likeness (QED) is 0.689. The Labute approximate surface area is 176 Å². The summed E-state index contributed by atoms with van der Waals surface area (Å²) in [5, 5.41) is 14.4. The number of halogens is 1. The predicted octanol–water partition coefficient (Wildman–Crippen LogP) is 2.87. The van der Waals surface area contributed by atoms with Gasteiger partial charge >= 0.3 is 0 Å². The van der Waals surface area contributed by atoms with Crippen LogP contribution in [0, 0.1) is 0 Å². The smallest absolute Gasteiger partial charge is 0.234 e. The number of carbonyl (C=O) groups excluding carboxylic acids is 1. The summed E-state index contributed by atoms with van der Waals surface area (Å²) in [6.45, 7) is 2.03. The van der Waals surface area contributed by atoms with Crippen molar-refractivity contribution in [1.29, 1.82) is 0 Å². The van der Waals surface area contributed by atoms with Crippen molar-refractivity contribution in [3.63, 3.8) is 0 Å². The number of hydrogen-bond donors (Lipinski definition) is 2. The molecule has 1 atom stereocenters. The molecule has 2 aromatic carbocycles. The summed E-state index contributed by atoms with van der Waals surface area (Å²) in [5.74, 6) is 1.34. The Balaban J connectivity index is 1.45. The maximum Gasteiger partial charge on any atom is 0.234 e. The van der Waals surface area contributed by atoms with Gasteiger partial charge in [0.15, 0.2) is 0 Å². The number of β-amino-alcohol motifs (C(OH)–C–C–N with tert-alkyl or cyclic N) is 1. The van der Waals surface area contributed by atoms with Gasteiger partial charge in [-0.3, -0.25) is 9.69 Å². The van der Waals surface area contributed by atoms with E-state index in [1.807, 2.05) is 41.3 Å². The molecule has 1 aliphatic rings. The van der Waals surface area contributed by atoms with Crippen LogP contribution in [-0.4, -0.2) is 54.9 Å². The van der Waals surface area contributed by atoms with Gasteiger partial charge in [-0.2, -0.15) is 0 Å². The fourth-order valence-electron chi connectivity index (χ4n) is 3.44. The van der Waals surface area contributed by atoms with E-state index in [2.05, 4.69) is 5.32 Å². The van der Waals surface area contributed by atoms with Crippen LogP contribution in [-0.2, 0) is 11.3 Å². The molecule has 0 radical (unpaired) electrons. The molecule has 1 heterocycles. The summed E-state index contributed by atoms with van der Waals surface area (Å²) in [7, 11) is 1.62. The topological polar surface area (TPSA) is 71.0 Å². The minimum atomic E-state index is -0.989. The molecule has 1 fully saturated rings. The van der Waals surface area contributed by atoms with Gasteiger partial charge in [0, 0.05) is 18.1 Å². The summed E-state index contributed by atoms with van der Waals surface area (Å²) in [5.41, 5.74) is 0.0147. The highest BCUT2D eigenvalue weighted by Gasteiger charge is 2.34. The van der Waals surface area contributed by atoms with Crippen LogP contribution in [0.2, 0.25) is 5.02 Å². The predicted molar refractivity (Wildman–Crippen MR) is 112 cm³/mol. The molecule has 1 aliphatic heterocycles. The van der Waals surface area contributed by atoms with Crippen LogP contribution in [0.1, 0.15) is 18.4 Å². The monoisotopic (exact) mass is 418 g/mol. The van der Waals surface area contributed by atoms with Crippen molar-refractivity contribution in [1.82, 2.24) is 10.2 Å². The normalized spacial score (nSPS) is 19.6. The number of nitrogens with zero attached hydrogens (tertiary/aromatic N) is 1. The zero-order valence-electron chi connectivity index (χ0n) is 16.6. The molecule has 1 amide bonds. The lowest BCUT2D eigenvalue weighted by atomic mass is 9.93. The number of aliphatic hydroxyl groups is 1. The summed E-state index contributed by atoms with van der Waals surface area (Å²) in [6.07, 6.45) is 1.44. The number of amides is 1. The third-order valence-electron chi connectivity index (χ3n) is 4.95. The van der Waals surface area contributed by atoms with E-state index >= 15 is 0 Å². The molecule has 6 nitrogen and oxygen atoms in total. The molecular weight excluding hydrogens is 392 g/mol. The first-order valence-corrected chi connectivity index (χ1v) is 10.1. The zero-order chi connectivity index (χ0) is 20.7. The molecule has 1 unspecified atom stereocenters. The highest BCUT2D eigenvalue weighted by atomic mass is 35.5. The maximum absolute atomic E-state index is 12.3. The standard InChI is InChI=1S/C22H27ClN2O4/c1-28-19-8-6-17(7-9-19)13-24-21(26)14-25-11-3-10-22(27,15-25)16-29-20-5-2-4-18(23)12-20/h2,4-9,12,27H,3,10-11,13-16H2,1H3,(H,24,26). The van der Waals surface area contributed by atoms with Crippen LogP contribution in [0.4, 0.5) is 0 Å². The Morgan fingerprint density at radius 3 is 2.76 bits per heavy atom. The second-order valence-corrected chi connectivity index (χ2v) is 7.85. The van der Waals surface area contributed by atoms with E-state index in [4.69, 9.17) is 21.1 Å². The van der Waals surface area contributed by atoms with E-state index in [1.54, 1.807) is 19.2 Å². The molecule has 156 valence electrons. The summed E-state index contributed by atoms with van der Waals surface area (Å²) >= 11 is 5.97. The third kappa shape index (κ3) is 6.63. The summed E-state index contributed by atoms with van der Waals surface area (Å²) in [4.78, 5) is 14.3. The number of likely N-dealkylation sites (tertiary alicyclic amines) is 1. The first-order valence-electron chi connectivity index (χ1n) is 9.68. The molecule has 29 heavy (non-hydrogen) atoms. The van der Waals surface area contributed by atoms with E-state index in [1.165, 1.54) is 0 Å². The molecule has 7 heteroatoms. The van der Waals surface area contributed by atoms with Crippen LogP contribution in [0.3, 0.4) is 0 Å². The molecule has 0 spiro atoms. The van der Waals surface area contributed by atoms with Gasteiger partial charge in [-0.25, -0.2) is 0 Å². The minimum absolute atomic E-state index is 0.0687. The molecule has 3 rings (SSSR count). The number of piperidine rings is 1. The lowest BCUT2D eigenvalue weighted by Crippen LogP contribution is -2.53. The van der Waals surface area contributed by atoms with Gasteiger partial charge in [-0.15, -0.1) is 0 Å². The summed E-state index contributed by atoms with van der Waals surface area (Å²) in [6, 6.07) is 14.7. The molecule has 0 bridgehead atoms. The highest BCUT2D eigenvalue weighted by Crippen LogP contribution is 2.24. The molecule has 2 N–H and O–H groups in total. The van der Waals surface area contributed by atoms with Crippen molar-refractivity contribution in [2.45, 2.75) is 25.0 Å². The number of hydrogen-bond acceptors (Lipinski definition) is 5. The van der Waals surface area contributed by atoms with Gasteiger partial charge in [-0.05, 0) is 55.3 Å². The molecular formula is C22H27ClN2O4. The Hall–Kier alpha value is -2.28. The van der Waals surface area contributed by atoms with E-state index in [-0.39, 0.29) is 19.1 Å². The number of rotatable bonds is 8. The average molecular weight is 419 g/mol. The fourth-order valence-corrected chi connectivity index (χ4v) is 3.62. The number of benzene rings is 2. The molecule has 0 aromatic heterocycles. The van der Waals surface area contributed by atoms with Crippen molar-refractivity contribution in [2.75, 3.05) is 33.4 Å². The van der Waals surface area contributed by atoms with Crippen LogP contribution in [0.15, 0.2) is 48.5 Å². The lowest BCUT2D eigenvalue weighted by molar-refractivity contribution is -0.124. The SMILES string of the molecule is COc1ccc(CNC(=O)CN2CCCC(O)(COc3cccc(Cl)c3)C2)cc1. The number of ether oxygens (including phenoxy) is 2. The van der Waals surface area contributed by atoms with Gasteiger partial charge < -0.3 is 19.9 Å². The lowest BCUT2D eigenvalue weighted by Gasteiger charge is -2.38. The largest absolute Gasteiger partial charge is 0.497 e. The van der Waals surface area contributed by atoms with Crippen molar-refractivity contribution >= 4 is 17.5 Å². The minimum Gasteiger partial charge on any atom is -0.497 e. The van der Waals surface area contributed by atoms with E-state index in [0.717, 1.165) is 24.3 Å². The van der Waals surface area contributed by atoms with E-state index in [0.29, 0.717) is 30.3 Å². The van der Waals surface area contributed by atoms with Crippen molar-refractivity contribution < 1.29 is 19.4 Å². The molecule has 1 saturated heterocycles.